The van der Waals surface area contributed by atoms with Gasteiger partial charge in [0.15, 0.2) is 11.6 Å². The number of anilines is 3. The minimum atomic E-state index is -0.768. The van der Waals surface area contributed by atoms with Gasteiger partial charge in [-0.15, -0.1) is 10.2 Å². The lowest BCUT2D eigenvalue weighted by Crippen LogP contribution is -2.36. The van der Waals surface area contributed by atoms with Crippen molar-refractivity contribution in [2.75, 3.05) is 4.90 Å². The van der Waals surface area contributed by atoms with Gasteiger partial charge in [-0.3, -0.25) is 0 Å². The van der Waals surface area contributed by atoms with Crippen molar-refractivity contribution in [2.24, 2.45) is 0 Å². The fourth-order valence-corrected chi connectivity index (χ4v) is 13.3. The molecular weight excluding hydrogens is 965 g/mol. The molecule has 0 atom stereocenters. The molecule has 2 aliphatic rings. The minimum Gasteiger partial charge on any atom is -0.310 e. The Labute approximate surface area is 454 Å². The van der Waals surface area contributed by atoms with E-state index in [-0.39, 0.29) is 0 Å². The fraction of sp³-hybridized carbons (Fsp3) is 0.0141. The predicted octanol–water partition coefficient (Wildman–Crippen LogP) is 16.9. The molecule has 1 aliphatic heterocycles. The lowest BCUT2D eigenvalue weighted by atomic mass is 9.64. The zero-order chi connectivity index (χ0) is 51.8. The zero-order valence-corrected chi connectivity index (χ0v) is 42.5. The van der Waals surface area contributed by atoms with Gasteiger partial charge in [-0.1, -0.05) is 176 Å². The van der Waals surface area contributed by atoms with Crippen LogP contribution in [0.25, 0.3) is 105 Å². The van der Waals surface area contributed by atoms with Gasteiger partial charge in [-0.2, -0.15) is 0 Å². The van der Waals surface area contributed by atoms with Crippen LogP contribution in [-0.4, -0.2) is 34.1 Å². The summed E-state index contributed by atoms with van der Waals surface area (Å²) < 4.78 is 6.30. The van der Waals surface area contributed by atoms with E-state index >= 15 is 0 Å². The Morgan fingerprint density at radius 1 is 0.304 bits per heavy atom. The first-order valence-corrected chi connectivity index (χ1v) is 26.8. The van der Waals surface area contributed by atoms with Crippen LogP contribution in [0.15, 0.2) is 267 Å². The van der Waals surface area contributed by atoms with E-state index in [1.165, 1.54) is 44.2 Å². The SMILES string of the molecule is c1ccc(N2c3ccccc3C3(c4cc(-c5ncn(-c6cccc7ccccc67)n5)ccc4-c4cc5c(cc43)c3cc(-c4ncn(-c6cccc7ccccc67)n4)ccc3n5-c3cccc4ccccc34)c3ccccc32)cc1. The van der Waals surface area contributed by atoms with Crippen molar-refractivity contribution in [1.82, 2.24) is 34.1 Å². The molecule has 0 radical (unpaired) electrons. The summed E-state index contributed by atoms with van der Waals surface area (Å²) in [6, 6.07) is 92.3. The Hall–Kier alpha value is -10.7. The van der Waals surface area contributed by atoms with Crippen molar-refractivity contribution >= 4 is 71.2 Å². The van der Waals surface area contributed by atoms with Gasteiger partial charge >= 0.3 is 0 Å². The Kier molecular flexibility index (Phi) is 9.17. The van der Waals surface area contributed by atoms with Crippen LogP contribution >= 0.6 is 0 Å². The van der Waals surface area contributed by atoms with Crippen LogP contribution in [0.5, 0.6) is 0 Å². The van der Waals surface area contributed by atoms with Gasteiger partial charge in [-0.25, -0.2) is 19.3 Å². The monoisotopic (exact) mass is 1010 g/mol. The molecule has 368 valence electrons. The molecule has 0 fully saturated rings. The number of hydrogen-bond donors (Lipinski definition) is 0. The Morgan fingerprint density at radius 3 is 1.39 bits per heavy atom. The number of aromatic nitrogens is 7. The van der Waals surface area contributed by atoms with E-state index in [9.17, 15) is 0 Å². The first kappa shape index (κ1) is 43.5. The molecule has 15 aromatic rings. The lowest BCUT2D eigenvalue weighted by Gasteiger charge is -2.45. The Morgan fingerprint density at radius 2 is 0.772 bits per heavy atom. The van der Waals surface area contributed by atoms with Crippen molar-refractivity contribution in [3.8, 4) is 51.0 Å². The highest BCUT2D eigenvalue weighted by molar-refractivity contribution is 6.14. The van der Waals surface area contributed by atoms with Crippen molar-refractivity contribution in [3.05, 3.63) is 290 Å². The summed E-state index contributed by atoms with van der Waals surface area (Å²) in [5, 5.41) is 19.6. The van der Waals surface area contributed by atoms with Crippen molar-refractivity contribution in [1.29, 1.82) is 0 Å². The second-order valence-corrected chi connectivity index (χ2v) is 20.7. The number of fused-ring (bicyclic) bond motifs is 15. The van der Waals surface area contributed by atoms with E-state index in [1.807, 2.05) is 22.0 Å². The molecule has 0 saturated heterocycles. The van der Waals surface area contributed by atoms with E-state index in [2.05, 4.69) is 264 Å². The zero-order valence-electron chi connectivity index (χ0n) is 42.5. The number of hydrogen-bond acceptors (Lipinski definition) is 5. The summed E-state index contributed by atoms with van der Waals surface area (Å²) in [6.45, 7) is 0. The maximum Gasteiger partial charge on any atom is 0.181 e. The quantitative estimate of drug-likeness (QED) is 0.166. The van der Waals surface area contributed by atoms with Gasteiger partial charge in [0, 0.05) is 43.7 Å². The molecule has 4 heterocycles. The van der Waals surface area contributed by atoms with Crippen LogP contribution in [0, 0.1) is 0 Å². The van der Waals surface area contributed by atoms with Crippen LogP contribution in [-0.2, 0) is 5.41 Å². The van der Waals surface area contributed by atoms with E-state index in [0.29, 0.717) is 11.6 Å². The molecule has 0 bridgehead atoms. The van der Waals surface area contributed by atoms with Crippen LogP contribution in [0.2, 0.25) is 0 Å². The summed E-state index contributed by atoms with van der Waals surface area (Å²) in [4.78, 5) is 12.5. The highest BCUT2D eigenvalue weighted by atomic mass is 15.3. The van der Waals surface area contributed by atoms with Gasteiger partial charge in [0.05, 0.1) is 44.9 Å². The van der Waals surface area contributed by atoms with Crippen LogP contribution in [0.4, 0.5) is 17.1 Å². The highest BCUT2D eigenvalue weighted by Crippen LogP contribution is 2.64. The molecule has 0 amide bonds. The maximum atomic E-state index is 5.24. The fourth-order valence-electron chi connectivity index (χ4n) is 13.3. The molecule has 1 spiro atoms. The summed E-state index contributed by atoms with van der Waals surface area (Å²) in [5.41, 5.74) is 16.9. The normalized spacial score (nSPS) is 13.1. The highest BCUT2D eigenvalue weighted by Gasteiger charge is 2.52. The van der Waals surface area contributed by atoms with Crippen molar-refractivity contribution in [3.63, 3.8) is 0 Å². The van der Waals surface area contributed by atoms with Crippen molar-refractivity contribution in [2.45, 2.75) is 5.41 Å². The third-order valence-corrected chi connectivity index (χ3v) is 16.7. The maximum absolute atomic E-state index is 5.24. The molecule has 17 rings (SSSR count). The average molecular weight is 1010 g/mol. The molecule has 1 aliphatic carbocycles. The van der Waals surface area contributed by atoms with Crippen LogP contribution in [0.3, 0.4) is 0 Å². The first-order valence-electron chi connectivity index (χ1n) is 26.8. The molecule has 0 saturated carbocycles. The van der Waals surface area contributed by atoms with Crippen LogP contribution in [0.1, 0.15) is 22.3 Å². The third-order valence-electron chi connectivity index (χ3n) is 16.7. The van der Waals surface area contributed by atoms with E-state index in [0.717, 1.165) is 88.6 Å². The van der Waals surface area contributed by atoms with Crippen LogP contribution < -0.4 is 4.90 Å². The summed E-state index contributed by atoms with van der Waals surface area (Å²) in [7, 11) is 0. The molecule has 79 heavy (non-hydrogen) atoms. The van der Waals surface area contributed by atoms with Gasteiger partial charge in [0.25, 0.3) is 0 Å². The molecule has 8 heteroatoms. The van der Waals surface area contributed by atoms with Gasteiger partial charge in [0.2, 0.25) is 0 Å². The number of benzene rings is 12. The molecule has 0 unspecified atom stereocenters. The molecule has 12 aromatic carbocycles. The molecule has 8 nitrogen and oxygen atoms in total. The Bertz CT molecular complexity index is 4940. The summed E-state index contributed by atoms with van der Waals surface area (Å²) in [6.07, 6.45) is 3.68. The second-order valence-electron chi connectivity index (χ2n) is 20.7. The predicted molar refractivity (Wildman–Crippen MR) is 320 cm³/mol. The lowest BCUT2D eigenvalue weighted by molar-refractivity contribution is 0.753. The van der Waals surface area contributed by atoms with E-state index in [4.69, 9.17) is 20.2 Å². The topological polar surface area (TPSA) is 69.6 Å². The first-order chi connectivity index (χ1) is 39.2. The standard InChI is InChI=1S/C71H44N8/c1-2-23-50(24-3-1)78-66-30-12-10-28-58(66)71(59-29-11-13-31-67(59)78)60-40-49(70-73-44-77(75-70)63-33-15-21-46-18-5-8-26-52(46)63)35-37-54(60)55-42-68-57(41-61(55)71)56-39-48(36-38-65(56)79(68)64-34-16-22-47-19-6-9-27-53(47)64)69-72-43-76(74-69)62-32-14-20-45-17-4-7-25-51(45)62/h1-44H. The van der Waals surface area contributed by atoms with E-state index < -0.39 is 5.41 Å². The number of rotatable bonds is 6. The van der Waals surface area contributed by atoms with E-state index in [1.54, 1.807) is 0 Å². The largest absolute Gasteiger partial charge is 0.310 e. The second kappa shape index (κ2) is 16.6. The van der Waals surface area contributed by atoms with Crippen molar-refractivity contribution < 1.29 is 0 Å². The smallest absolute Gasteiger partial charge is 0.181 e. The number of para-hydroxylation sites is 3. The van der Waals surface area contributed by atoms with Gasteiger partial charge in [0.1, 0.15) is 12.7 Å². The number of nitrogens with zero attached hydrogens (tertiary/aromatic N) is 8. The summed E-state index contributed by atoms with van der Waals surface area (Å²) in [5.74, 6) is 1.32. The Balaban J connectivity index is 0.942. The molecule has 0 N–H and O–H groups in total. The average Bonchev–Trinajstić information content (AvgIpc) is 2.84. The summed E-state index contributed by atoms with van der Waals surface area (Å²) >= 11 is 0. The van der Waals surface area contributed by atoms with Gasteiger partial charge in [-0.05, 0) is 128 Å². The molecular formula is C71H44N8. The minimum absolute atomic E-state index is 0.658. The third kappa shape index (κ3) is 6.25. The molecule has 3 aromatic heterocycles. The van der Waals surface area contributed by atoms with Gasteiger partial charge < -0.3 is 9.47 Å².